The summed E-state index contributed by atoms with van der Waals surface area (Å²) in [5, 5.41) is 5.33. The molecule has 0 aliphatic carbocycles. The third kappa shape index (κ3) is 4.11. The van der Waals surface area contributed by atoms with Crippen LogP contribution < -0.4 is 4.90 Å². The van der Waals surface area contributed by atoms with Gasteiger partial charge in [-0.15, -0.1) is 0 Å². The van der Waals surface area contributed by atoms with E-state index in [-0.39, 0.29) is 0 Å². The summed E-state index contributed by atoms with van der Waals surface area (Å²) in [6.45, 7) is 4.39. The lowest BCUT2D eigenvalue weighted by molar-refractivity contribution is 0.240. The molecule has 0 amide bonds. The normalized spacial score (nSPS) is 14.5. The maximum atomic E-state index is 5.44. The highest BCUT2D eigenvalue weighted by molar-refractivity contribution is 5.94. The Labute approximate surface area is 196 Å². The van der Waals surface area contributed by atoms with E-state index in [0.717, 1.165) is 48.4 Å². The summed E-state index contributed by atoms with van der Waals surface area (Å²) in [5.41, 5.74) is 5.33. The van der Waals surface area contributed by atoms with Crippen molar-refractivity contribution in [2.45, 2.75) is 6.54 Å². The number of hydrogen-bond donors (Lipinski definition) is 0. The zero-order valence-corrected chi connectivity index (χ0v) is 18.6. The number of hydrogen-bond acceptors (Lipinski definition) is 8. The number of nitrogens with zero attached hydrogens (tertiary/aromatic N) is 7. The van der Waals surface area contributed by atoms with Gasteiger partial charge in [0.05, 0.1) is 12.1 Å². The number of rotatable bonds is 5. The fourth-order valence-electron chi connectivity index (χ4n) is 4.40. The van der Waals surface area contributed by atoms with Crippen LogP contribution in [0.15, 0.2) is 84.0 Å². The highest BCUT2D eigenvalue weighted by Gasteiger charge is 2.21. The van der Waals surface area contributed by atoms with Crippen LogP contribution >= 0.6 is 0 Å². The topological polar surface area (TPSA) is 84.1 Å². The molecule has 5 heterocycles. The van der Waals surface area contributed by atoms with Crippen molar-refractivity contribution in [2.24, 2.45) is 0 Å². The van der Waals surface area contributed by atoms with E-state index in [2.05, 4.69) is 65.2 Å². The van der Waals surface area contributed by atoms with Gasteiger partial charge in [-0.25, -0.2) is 0 Å². The van der Waals surface area contributed by atoms with Crippen LogP contribution in [-0.2, 0) is 6.54 Å². The van der Waals surface area contributed by atoms with Gasteiger partial charge in [-0.3, -0.25) is 19.9 Å². The van der Waals surface area contributed by atoms with E-state index in [0.29, 0.717) is 18.3 Å². The third-order valence-electron chi connectivity index (χ3n) is 6.19. The zero-order valence-electron chi connectivity index (χ0n) is 18.6. The van der Waals surface area contributed by atoms with E-state index in [4.69, 9.17) is 4.52 Å². The minimum absolute atomic E-state index is 0.532. The Balaban J connectivity index is 1.14. The lowest BCUT2D eigenvalue weighted by Crippen LogP contribution is -2.46. The summed E-state index contributed by atoms with van der Waals surface area (Å²) >= 11 is 0. The summed E-state index contributed by atoms with van der Waals surface area (Å²) in [6, 6.07) is 16.3. The Morgan fingerprint density at radius 2 is 1.68 bits per heavy atom. The molecule has 6 rings (SSSR count). The Bertz CT molecular complexity index is 1400. The molecule has 168 valence electrons. The third-order valence-corrected chi connectivity index (χ3v) is 6.19. The van der Waals surface area contributed by atoms with Crippen LogP contribution in [0.4, 0.5) is 5.69 Å². The van der Waals surface area contributed by atoms with E-state index >= 15 is 0 Å². The van der Waals surface area contributed by atoms with Gasteiger partial charge >= 0.3 is 0 Å². The molecule has 1 aliphatic rings. The van der Waals surface area contributed by atoms with Gasteiger partial charge < -0.3 is 9.42 Å². The molecule has 1 saturated heterocycles. The number of piperazine rings is 1. The van der Waals surface area contributed by atoms with Gasteiger partial charge in [0.25, 0.3) is 5.89 Å². The lowest BCUT2D eigenvalue weighted by atomic mass is 10.0. The summed E-state index contributed by atoms with van der Waals surface area (Å²) in [4.78, 5) is 22.2. The van der Waals surface area contributed by atoms with E-state index in [1.165, 1.54) is 11.1 Å². The fraction of sp³-hybridized carbons (Fsp3) is 0.192. The first-order valence-electron chi connectivity index (χ1n) is 11.3. The smallest absolute Gasteiger partial charge is 0.258 e. The number of anilines is 1. The van der Waals surface area contributed by atoms with Crippen LogP contribution in [0.25, 0.3) is 33.5 Å². The minimum atomic E-state index is 0.532. The monoisotopic (exact) mass is 449 g/mol. The van der Waals surface area contributed by atoms with Crippen LogP contribution in [0.2, 0.25) is 0 Å². The van der Waals surface area contributed by atoms with Gasteiger partial charge in [0.15, 0.2) is 5.82 Å². The molecule has 1 fully saturated rings. The van der Waals surface area contributed by atoms with Crippen molar-refractivity contribution in [3.63, 3.8) is 0 Å². The van der Waals surface area contributed by atoms with Gasteiger partial charge in [0.1, 0.15) is 0 Å². The van der Waals surface area contributed by atoms with Crippen LogP contribution in [0, 0.1) is 0 Å². The summed E-state index contributed by atoms with van der Waals surface area (Å²) in [7, 11) is 0. The lowest BCUT2D eigenvalue weighted by Gasteiger charge is -2.36. The van der Waals surface area contributed by atoms with Gasteiger partial charge in [-0.05, 0) is 35.9 Å². The Morgan fingerprint density at radius 3 is 2.50 bits per heavy atom. The van der Waals surface area contributed by atoms with E-state index < -0.39 is 0 Å². The Hall–Kier alpha value is -4.17. The van der Waals surface area contributed by atoms with Crippen LogP contribution in [0.3, 0.4) is 0 Å². The fourth-order valence-corrected chi connectivity index (χ4v) is 4.40. The minimum Gasteiger partial charge on any atom is -0.368 e. The predicted octanol–water partition coefficient (Wildman–Crippen LogP) is 4.06. The number of pyridine rings is 3. The average Bonchev–Trinajstić information content (AvgIpc) is 3.38. The SMILES string of the molecule is c1cncc(-c2ccc3c(N4CCN(Cc5noc(-c6ccncc6)n5)CC4)ccnc3c2)c1. The summed E-state index contributed by atoms with van der Waals surface area (Å²) < 4.78 is 5.44. The molecule has 0 spiro atoms. The van der Waals surface area contributed by atoms with Gasteiger partial charge in [-0.1, -0.05) is 23.4 Å². The maximum Gasteiger partial charge on any atom is 0.258 e. The molecule has 8 heteroatoms. The van der Waals surface area contributed by atoms with Gasteiger partial charge in [0, 0.05) is 79.4 Å². The van der Waals surface area contributed by atoms with Crippen LogP contribution in [0.5, 0.6) is 0 Å². The number of fused-ring (bicyclic) bond motifs is 1. The predicted molar refractivity (Wildman–Crippen MR) is 130 cm³/mol. The molecular weight excluding hydrogens is 426 g/mol. The standard InChI is InChI=1S/C26H23N7O/c1-2-21(17-28-8-1)20-3-4-22-23(16-20)29-11-7-24(22)33-14-12-32(13-15-33)18-25-30-26(34-31-25)19-5-9-27-10-6-19/h1-11,16-17H,12-15,18H2. The molecule has 1 aliphatic heterocycles. The van der Waals surface area contributed by atoms with E-state index in [1.807, 2.05) is 30.6 Å². The molecule has 0 unspecified atom stereocenters. The average molecular weight is 450 g/mol. The van der Waals surface area contributed by atoms with Crippen molar-refractivity contribution >= 4 is 16.6 Å². The highest BCUT2D eigenvalue weighted by Crippen LogP contribution is 2.30. The quantitative estimate of drug-likeness (QED) is 0.397. The van der Waals surface area contributed by atoms with Crippen LogP contribution in [0.1, 0.15) is 5.82 Å². The van der Waals surface area contributed by atoms with Crippen molar-refractivity contribution in [3.05, 3.63) is 85.3 Å². The summed E-state index contributed by atoms with van der Waals surface area (Å²) in [6.07, 6.45) is 9.02. The molecule has 1 aromatic carbocycles. The van der Waals surface area contributed by atoms with Crippen molar-refractivity contribution < 1.29 is 4.52 Å². The summed E-state index contributed by atoms with van der Waals surface area (Å²) in [5.74, 6) is 1.24. The Kier molecular flexibility index (Phi) is 5.41. The molecule has 0 atom stereocenters. The van der Waals surface area contributed by atoms with Crippen LogP contribution in [-0.4, -0.2) is 56.2 Å². The van der Waals surface area contributed by atoms with E-state index in [9.17, 15) is 0 Å². The first kappa shape index (κ1) is 20.4. The first-order chi connectivity index (χ1) is 16.8. The molecule has 0 N–H and O–H groups in total. The molecule has 4 aromatic heterocycles. The second kappa shape index (κ2) is 8.99. The van der Waals surface area contributed by atoms with Crippen molar-refractivity contribution in [1.82, 2.24) is 30.0 Å². The van der Waals surface area contributed by atoms with Gasteiger partial charge in [-0.2, -0.15) is 4.98 Å². The van der Waals surface area contributed by atoms with E-state index in [1.54, 1.807) is 18.6 Å². The van der Waals surface area contributed by atoms with Crippen molar-refractivity contribution in [1.29, 1.82) is 0 Å². The molecular formula is C26H23N7O. The molecule has 34 heavy (non-hydrogen) atoms. The zero-order chi connectivity index (χ0) is 22.7. The van der Waals surface area contributed by atoms with Crippen molar-refractivity contribution in [3.8, 4) is 22.6 Å². The number of aromatic nitrogens is 5. The Morgan fingerprint density at radius 1 is 0.794 bits per heavy atom. The van der Waals surface area contributed by atoms with Gasteiger partial charge in [0.2, 0.25) is 0 Å². The molecule has 8 nitrogen and oxygen atoms in total. The highest BCUT2D eigenvalue weighted by atomic mass is 16.5. The molecule has 0 bridgehead atoms. The largest absolute Gasteiger partial charge is 0.368 e. The first-order valence-corrected chi connectivity index (χ1v) is 11.3. The van der Waals surface area contributed by atoms with Crippen molar-refractivity contribution in [2.75, 3.05) is 31.1 Å². The molecule has 0 radical (unpaired) electrons. The second-order valence-electron chi connectivity index (χ2n) is 8.32. The number of benzene rings is 1. The molecule has 0 saturated carbocycles. The second-order valence-corrected chi connectivity index (χ2v) is 8.32. The molecule has 5 aromatic rings. The maximum absolute atomic E-state index is 5.44.